The summed E-state index contributed by atoms with van der Waals surface area (Å²) in [6.07, 6.45) is -9.56. The molecule has 0 amide bonds. The van der Waals surface area contributed by atoms with Crippen LogP contribution in [0.5, 0.6) is 5.75 Å². The molecule has 3 rings (SSSR count). The normalized spacial score (nSPS) is 10.7. The van der Waals surface area contributed by atoms with Gasteiger partial charge >= 0.3 is 12.4 Å². The second kappa shape index (κ2) is 13.8. The van der Waals surface area contributed by atoms with Crippen molar-refractivity contribution in [3.8, 4) is 5.75 Å². The average molecular weight is 528 g/mol. The minimum absolute atomic E-state index is 0. The maximum atomic E-state index is 12.7. The van der Waals surface area contributed by atoms with E-state index in [1.54, 1.807) is 0 Å². The largest absolute Gasteiger partial charge is 0.507 e. The maximum absolute atomic E-state index is 12.7. The Morgan fingerprint density at radius 3 is 1.50 bits per heavy atom. The smallest absolute Gasteiger partial charge is 0.421 e. The van der Waals surface area contributed by atoms with Crippen molar-refractivity contribution in [2.75, 3.05) is 14.2 Å². The Morgan fingerprint density at radius 2 is 1.18 bits per heavy atom. The second-order valence-electron chi connectivity index (χ2n) is 6.84. The Balaban J connectivity index is 0. The molecule has 3 aromatic rings. The standard InChI is InChI=1S/C11H5F6NO.C10H15.2CH4O.Ti/c12-10(13,14)5-2-1-3-7-8(5)9(19)6(4-18-7)11(15,16)17;1-6-7(2)9(4)10(5)8(6)3;2*1-2;/h1-4H,(H,18,19);1-5H3;2*2H,1H3;/q;-1;;;. The number of rotatable bonds is 0. The van der Waals surface area contributed by atoms with Crippen molar-refractivity contribution < 1.29 is 63.4 Å². The van der Waals surface area contributed by atoms with Gasteiger partial charge in [-0.1, -0.05) is 40.7 Å². The third-order valence-corrected chi connectivity index (χ3v) is 5.29. The molecule has 0 saturated carbocycles. The number of benzene rings is 1. The topological polar surface area (TPSA) is 73.6 Å². The molecule has 0 aliphatic carbocycles. The van der Waals surface area contributed by atoms with Crippen molar-refractivity contribution in [3.63, 3.8) is 0 Å². The molecule has 0 spiro atoms. The van der Waals surface area contributed by atoms with Gasteiger partial charge in [0, 0.05) is 42.1 Å². The Kier molecular flexibility index (Phi) is 13.8. The number of nitrogens with zero attached hydrogens (tertiary/aromatic N) is 1. The SMILES string of the molecule is CO.CO.Cc1c(C)c(C)[c-](C)c1C.Oc1c(C(F)(F)F)cnc2cccc(C(F)(F)F)c12.[Ti]. The van der Waals surface area contributed by atoms with E-state index < -0.39 is 34.6 Å². The Hall–Kier alpha value is -2.01. The summed E-state index contributed by atoms with van der Waals surface area (Å²) in [7, 11) is 2.00. The average Bonchev–Trinajstić information content (AvgIpc) is 2.93. The number of aromatic nitrogens is 1. The first kappa shape index (κ1) is 34.2. The molecule has 3 N–H and O–H groups in total. The van der Waals surface area contributed by atoms with Crippen LogP contribution in [0, 0.1) is 34.6 Å². The van der Waals surface area contributed by atoms with Crippen LogP contribution < -0.4 is 0 Å². The van der Waals surface area contributed by atoms with Gasteiger partial charge in [0.1, 0.15) is 11.3 Å². The summed E-state index contributed by atoms with van der Waals surface area (Å²) >= 11 is 0. The Labute approximate surface area is 209 Å². The van der Waals surface area contributed by atoms with Crippen molar-refractivity contribution in [1.82, 2.24) is 4.98 Å². The summed E-state index contributed by atoms with van der Waals surface area (Å²) < 4.78 is 75.7. The molecule has 0 unspecified atom stereocenters. The van der Waals surface area contributed by atoms with Crippen molar-refractivity contribution in [2.45, 2.75) is 47.0 Å². The van der Waals surface area contributed by atoms with Crippen molar-refractivity contribution in [2.24, 2.45) is 0 Å². The van der Waals surface area contributed by atoms with E-state index in [2.05, 4.69) is 39.6 Å². The Bertz CT molecular complexity index is 979. The van der Waals surface area contributed by atoms with Crippen LogP contribution in [0.4, 0.5) is 26.3 Å². The van der Waals surface area contributed by atoms with Gasteiger partial charge in [0.05, 0.1) is 16.5 Å². The first-order chi connectivity index (χ1) is 15.2. The van der Waals surface area contributed by atoms with Gasteiger partial charge in [-0.3, -0.25) is 4.98 Å². The van der Waals surface area contributed by atoms with E-state index in [0.29, 0.717) is 12.3 Å². The van der Waals surface area contributed by atoms with E-state index in [1.807, 2.05) is 0 Å². The van der Waals surface area contributed by atoms with Crippen LogP contribution >= 0.6 is 0 Å². The second-order valence-corrected chi connectivity index (χ2v) is 6.84. The predicted octanol–water partition coefficient (Wildman–Crippen LogP) is 6.14. The molecular weight excluding hydrogens is 500 g/mol. The maximum Gasteiger partial charge on any atom is 0.421 e. The van der Waals surface area contributed by atoms with E-state index in [4.69, 9.17) is 10.2 Å². The molecule has 0 bridgehead atoms. The number of aliphatic hydroxyl groups excluding tert-OH is 2. The van der Waals surface area contributed by atoms with Crippen LogP contribution in [0.1, 0.15) is 38.9 Å². The van der Waals surface area contributed by atoms with Crippen LogP contribution in [-0.4, -0.2) is 34.5 Å². The van der Waals surface area contributed by atoms with E-state index in [1.165, 1.54) is 27.8 Å². The fourth-order valence-corrected chi connectivity index (χ4v) is 3.08. The number of fused-ring (bicyclic) bond motifs is 1. The van der Waals surface area contributed by atoms with Gasteiger partial charge in [-0.15, -0.1) is 0 Å². The van der Waals surface area contributed by atoms with Crippen LogP contribution in [0.15, 0.2) is 24.4 Å². The van der Waals surface area contributed by atoms with Gasteiger partial charge in [0.25, 0.3) is 0 Å². The summed E-state index contributed by atoms with van der Waals surface area (Å²) in [5, 5.41) is 22.5. The van der Waals surface area contributed by atoms with Crippen LogP contribution in [0.25, 0.3) is 10.9 Å². The number of alkyl halides is 6. The molecule has 34 heavy (non-hydrogen) atoms. The minimum Gasteiger partial charge on any atom is -0.507 e. The van der Waals surface area contributed by atoms with Crippen LogP contribution in [-0.2, 0) is 34.1 Å². The van der Waals surface area contributed by atoms with Crippen molar-refractivity contribution in [1.29, 1.82) is 0 Å². The molecule has 0 radical (unpaired) electrons. The van der Waals surface area contributed by atoms with Gasteiger partial charge in [0.2, 0.25) is 0 Å². The van der Waals surface area contributed by atoms with Gasteiger partial charge in [-0.25, -0.2) is 0 Å². The Morgan fingerprint density at radius 1 is 0.765 bits per heavy atom. The molecule has 0 saturated heterocycles. The number of halogens is 6. The quantitative estimate of drug-likeness (QED) is 0.186. The van der Waals surface area contributed by atoms with Gasteiger partial charge in [-0.2, -0.15) is 54.2 Å². The fourth-order valence-electron chi connectivity index (χ4n) is 3.08. The number of pyridine rings is 1. The molecule has 1 aromatic heterocycles. The summed E-state index contributed by atoms with van der Waals surface area (Å²) in [4.78, 5) is 3.30. The number of aliphatic hydroxyl groups is 2. The third-order valence-electron chi connectivity index (χ3n) is 5.29. The first-order valence-corrected chi connectivity index (χ1v) is 9.52. The van der Waals surface area contributed by atoms with Crippen LogP contribution in [0.3, 0.4) is 0 Å². The predicted molar refractivity (Wildman–Crippen MR) is 115 cm³/mol. The van der Waals surface area contributed by atoms with Crippen LogP contribution in [0.2, 0.25) is 0 Å². The molecule has 0 atom stereocenters. The molecule has 0 fully saturated rings. The summed E-state index contributed by atoms with van der Waals surface area (Å²) in [5.41, 5.74) is 4.02. The van der Waals surface area contributed by atoms with E-state index in [-0.39, 0.29) is 27.2 Å². The van der Waals surface area contributed by atoms with E-state index in [0.717, 1.165) is 26.4 Å². The number of aromatic hydroxyl groups is 1. The molecule has 4 nitrogen and oxygen atoms in total. The van der Waals surface area contributed by atoms with E-state index >= 15 is 0 Å². The molecule has 1 heterocycles. The van der Waals surface area contributed by atoms with Gasteiger partial charge in [0.15, 0.2) is 0 Å². The van der Waals surface area contributed by atoms with Crippen molar-refractivity contribution >= 4 is 10.9 Å². The zero-order valence-corrected chi connectivity index (χ0v) is 21.4. The molecular formula is C23H28F6NO3Ti-. The number of hydrogen-bond acceptors (Lipinski definition) is 4. The van der Waals surface area contributed by atoms with Gasteiger partial charge in [-0.05, 0) is 12.1 Å². The third kappa shape index (κ3) is 7.76. The molecule has 0 aliphatic heterocycles. The minimum atomic E-state index is -4.98. The monoisotopic (exact) mass is 528 g/mol. The summed E-state index contributed by atoms with van der Waals surface area (Å²) in [6.45, 7) is 11.0. The molecule has 190 valence electrons. The molecule has 0 aliphatic rings. The van der Waals surface area contributed by atoms with Crippen molar-refractivity contribution in [3.05, 3.63) is 63.3 Å². The van der Waals surface area contributed by atoms with E-state index in [9.17, 15) is 31.4 Å². The zero-order valence-electron chi connectivity index (χ0n) is 19.9. The fraction of sp³-hybridized carbons (Fsp3) is 0.391. The number of hydrogen-bond donors (Lipinski definition) is 3. The zero-order chi connectivity index (χ0) is 26.3. The molecule has 2 aromatic carbocycles. The van der Waals surface area contributed by atoms with Gasteiger partial charge < -0.3 is 15.3 Å². The first-order valence-electron chi connectivity index (χ1n) is 9.52. The summed E-state index contributed by atoms with van der Waals surface area (Å²) in [5.74, 6) is -1.47. The summed E-state index contributed by atoms with van der Waals surface area (Å²) in [6, 6.07) is 2.68. The molecule has 11 heteroatoms.